The fraction of sp³-hybridized carbons (Fsp3) is 0.417. The molecule has 0 atom stereocenters. The molecule has 0 fully saturated rings. The van der Waals surface area contributed by atoms with Crippen molar-refractivity contribution in [2.45, 2.75) is 59.5 Å². The van der Waals surface area contributed by atoms with Gasteiger partial charge in [0.2, 0.25) is 0 Å². The van der Waals surface area contributed by atoms with E-state index in [-0.39, 0.29) is 30.5 Å². The van der Waals surface area contributed by atoms with Crippen LogP contribution in [0.2, 0.25) is 0 Å². The lowest BCUT2D eigenvalue weighted by Crippen LogP contribution is -2.39. The highest BCUT2D eigenvalue weighted by atomic mass is 16.5. The minimum atomic E-state index is -0.553. The van der Waals surface area contributed by atoms with Crippen molar-refractivity contribution in [1.82, 2.24) is 14.8 Å². The third kappa shape index (κ3) is 4.76. The number of nitrogens with zero attached hydrogens (tertiary/aromatic N) is 4. The molecule has 2 aromatic heterocycles. The Morgan fingerprint density at radius 2 is 1.74 bits per heavy atom. The maximum Gasteiger partial charge on any atom is 0.339 e. The lowest BCUT2D eigenvalue weighted by atomic mass is 10.1. The van der Waals surface area contributed by atoms with Crippen LogP contribution in [0.4, 0.5) is 5.69 Å². The van der Waals surface area contributed by atoms with Gasteiger partial charge in [-0.25, -0.2) is 14.5 Å². The SMILES string of the molecule is CC(C)c1cc(C(=O)OCC(=O)N(c2ccccc2)C(C)C)c2cnn(C(C)C)c2n1. The minimum Gasteiger partial charge on any atom is -0.452 e. The first-order valence-corrected chi connectivity index (χ1v) is 10.6. The molecule has 2 heterocycles. The summed E-state index contributed by atoms with van der Waals surface area (Å²) in [5, 5.41) is 5.02. The zero-order valence-electron chi connectivity index (χ0n) is 19.0. The zero-order chi connectivity index (χ0) is 22.7. The van der Waals surface area contributed by atoms with Crippen LogP contribution in [-0.4, -0.2) is 39.3 Å². The molecule has 3 aromatic rings. The number of fused-ring (bicyclic) bond motifs is 1. The Labute approximate surface area is 183 Å². The zero-order valence-corrected chi connectivity index (χ0v) is 19.0. The number of para-hydroxylation sites is 1. The fourth-order valence-electron chi connectivity index (χ4n) is 3.47. The van der Waals surface area contributed by atoms with Crippen molar-refractivity contribution >= 4 is 28.6 Å². The molecule has 1 aromatic carbocycles. The normalized spacial score (nSPS) is 11.5. The number of hydrogen-bond donors (Lipinski definition) is 0. The number of carbonyl (C=O) groups is 2. The maximum absolute atomic E-state index is 13.0. The van der Waals surface area contributed by atoms with E-state index in [1.54, 1.807) is 21.8 Å². The number of hydrogen-bond acceptors (Lipinski definition) is 5. The summed E-state index contributed by atoms with van der Waals surface area (Å²) in [5.41, 5.74) is 2.57. The highest BCUT2D eigenvalue weighted by molar-refractivity contribution is 6.04. The summed E-state index contributed by atoms with van der Waals surface area (Å²) in [6, 6.07) is 11.1. The number of amides is 1. The summed E-state index contributed by atoms with van der Waals surface area (Å²) in [5.74, 6) is -0.702. The van der Waals surface area contributed by atoms with Gasteiger partial charge in [-0.3, -0.25) is 4.79 Å². The molecule has 0 bridgehead atoms. The Morgan fingerprint density at radius 1 is 1.06 bits per heavy atom. The van der Waals surface area contributed by atoms with E-state index in [0.717, 1.165) is 11.4 Å². The standard InChI is InChI=1S/C24H30N4O3/c1-15(2)21-12-19(20-13-25-28(17(5)6)23(20)26-21)24(30)31-14-22(29)27(16(3)4)18-10-8-7-9-11-18/h7-13,15-17H,14H2,1-6H3. The minimum absolute atomic E-state index is 0.0712. The van der Waals surface area contributed by atoms with Crippen LogP contribution < -0.4 is 4.90 Å². The van der Waals surface area contributed by atoms with Crippen LogP contribution >= 0.6 is 0 Å². The Morgan fingerprint density at radius 3 is 2.32 bits per heavy atom. The van der Waals surface area contributed by atoms with Gasteiger partial charge < -0.3 is 9.64 Å². The van der Waals surface area contributed by atoms with Crippen LogP contribution in [0.3, 0.4) is 0 Å². The van der Waals surface area contributed by atoms with Crippen LogP contribution in [0.5, 0.6) is 0 Å². The van der Waals surface area contributed by atoms with Crippen molar-refractivity contribution in [3.8, 4) is 0 Å². The van der Waals surface area contributed by atoms with E-state index in [1.165, 1.54) is 0 Å². The molecule has 0 aliphatic rings. The molecule has 0 aliphatic carbocycles. The van der Waals surface area contributed by atoms with Gasteiger partial charge in [-0.1, -0.05) is 32.0 Å². The number of pyridine rings is 1. The van der Waals surface area contributed by atoms with E-state index >= 15 is 0 Å². The second-order valence-corrected chi connectivity index (χ2v) is 8.44. The van der Waals surface area contributed by atoms with Crippen LogP contribution in [0.1, 0.15) is 69.6 Å². The maximum atomic E-state index is 13.0. The number of rotatable bonds is 7. The molecule has 0 unspecified atom stereocenters. The van der Waals surface area contributed by atoms with Crippen molar-refractivity contribution in [1.29, 1.82) is 0 Å². The highest BCUT2D eigenvalue weighted by Crippen LogP contribution is 2.25. The summed E-state index contributed by atoms with van der Waals surface area (Å²) in [6.45, 7) is 11.6. The highest BCUT2D eigenvalue weighted by Gasteiger charge is 2.23. The molecule has 7 nitrogen and oxygen atoms in total. The summed E-state index contributed by atoms with van der Waals surface area (Å²) in [4.78, 5) is 32.2. The van der Waals surface area contributed by atoms with Gasteiger partial charge in [0.15, 0.2) is 12.3 Å². The fourth-order valence-corrected chi connectivity index (χ4v) is 3.47. The largest absolute Gasteiger partial charge is 0.452 e. The average Bonchev–Trinajstić information content (AvgIpc) is 3.16. The van der Waals surface area contributed by atoms with E-state index in [9.17, 15) is 9.59 Å². The molecule has 7 heteroatoms. The van der Waals surface area contributed by atoms with Gasteiger partial charge in [0.05, 0.1) is 17.1 Å². The van der Waals surface area contributed by atoms with E-state index in [4.69, 9.17) is 9.72 Å². The second-order valence-electron chi connectivity index (χ2n) is 8.44. The topological polar surface area (TPSA) is 77.3 Å². The Hall–Kier alpha value is -3.22. The second kappa shape index (κ2) is 9.29. The number of esters is 1. The molecule has 164 valence electrons. The number of aromatic nitrogens is 3. The molecule has 0 spiro atoms. The first kappa shape index (κ1) is 22.5. The van der Waals surface area contributed by atoms with Crippen LogP contribution in [0.25, 0.3) is 11.0 Å². The van der Waals surface area contributed by atoms with E-state index < -0.39 is 5.97 Å². The van der Waals surface area contributed by atoms with E-state index in [1.807, 2.05) is 71.9 Å². The number of ether oxygens (including phenoxy) is 1. The van der Waals surface area contributed by atoms with E-state index in [2.05, 4.69) is 5.10 Å². The predicted molar refractivity (Wildman–Crippen MR) is 121 cm³/mol. The van der Waals surface area contributed by atoms with Gasteiger partial charge in [-0.15, -0.1) is 0 Å². The monoisotopic (exact) mass is 422 g/mol. The quantitative estimate of drug-likeness (QED) is 0.514. The third-order valence-electron chi connectivity index (χ3n) is 5.03. The van der Waals surface area contributed by atoms with Gasteiger partial charge in [0.1, 0.15) is 0 Å². The molecular formula is C24H30N4O3. The molecule has 0 radical (unpaired) electrons. The number of anilines is 1. The molecule has 1 amide bonds. The lowest BCUT2D eigenvalue weighted by molar-refractivity contribution is -0.122. The Balaban J connectivity index is 1.87. The molecule has 0 saturated carbocycles. The van der Waals surface area contributed by atoms with Crippen molar-refractivity contribution in [3.63, 3.8) is 0 Å². The van der Waals surface area contributed by atoms with E-state index in [0.29, 0.717) is 16.6 Å². The van der Waals surface area contributed by atoms with Crippen molar-refractivity contribution in [2.24, 2.45) is 0 Å². The van der Waals surface area contributed by atoms with Gasteiger partial charge >= 0.3 is 5.97 Å². The molecule has 3 rings (SSSR count). The molecule has 0 saturated heterocycles. The molecule has 0 N–H and O–H groups in total. The molecule has 0 aliphatic heterocycles. The Kier molecular flexibility index (Phi) is 6.73. The first-order valence-electron chi connectivity index (χ1n) is 10.6. The van der Waals surface area contributed by atoms with Gasteiger partial charge in [-0.05, 0) is 51.8 Å². The molecular weight excluding hydrogens is 392 g/mol. The summed E-state index contributed by atoms with van der Waals surface area (Å²) in [7, 11) is 0. The van der Waals surface area contributed by atoms with Crippen LogP contribution in [-0.2, 0) is 9.53 Å². The smallest absolute Gasteiger partial charge is 0.339 e. The van der Waals surface area contributed by atoms with Gasteiger partial charge in [0, 0.05) is 23.5 Å². The average molecular weight is 423 g/mol. The number of benzene rings is 1. The summed E-state index contributed by atoms with van der Waals surface area (Å²) < 4.78 is 7.25. The molecule has 31 heavy (non-hydrogen) atoms. The lowest BCUT2D eigenvalue weighted by Gasteiger charge is -2.26. The first-order chi connectivity index (χ1) is 14.7. The third-order valence-corrected chi connectivity index (χ3v) is 5.03. The van der Waals surface area contributed by atoms with Crippen molar-refractivity contribution in [2.75, 3.05) is 11.5 Å². The van der Waals surface area contributed by atoms with Crippen LogP contribution in [0.15, 0.2) is 42.6 Å². The van der Waals surface area contributed by atoms with Gasteiger partial charge in [0.25, 0.3) is 5.91 Å². The van der Waals surface area contributed by atoms with Gasteiger partial charge in [-0.2, -0.15) is 5.10 Å². The van der Waals surface area contributed by atoms with Crippen LogP contribution in [0, 0.1) is 0 Å². The number of carbonyl (C=O) groups excluding carboxylic acids is 2. The predicted octanol–water partition coefficient (Wildman–Crippen LogP) is 4.73. The Bertz CT molecular complexity index is 1070. The summed E-state index contributed by atoms with van der Waals surface area (Å²) >= 11 is 0. The summed E-state index contributed by atoms with van der Waals surface area (Å²) in [6.07, 6.45) is 1.63. The van der Waals surface area contributed by atoms with Crippen molar-refractivity contribution in [3.05, 3.63) is 53.9 Å². The van der Waals surface area contributed by atoms with Crippen molar-refractivity contribution < 1.29 is 14.3 Å².